The molecule has 37 heavy (non-hydrogen) atoms. The Balaban J connectivity index is 1.49. The van der Waals surface area contributed by atoms with E-state index < -0.39 is 0 Å². The molecular weight excluding hydrogens is 474 g/mol. The van der Waals surface area contributed by atoms with Gasteiger partial charge in [0.2, 0.25) is 0 Å². The van der Waals surface area contributed by atoms with Crippen molar-refractivity contribution in [1.82, 2.24) is 19.8 Å². The molecule has 190 valence electrons. The van der Waals surface area contributed by atoms with E-state index in [-0.39, 0.29) is 12.1 Å². The van der Waals surface area contributed by atoms with Gasteiger partial charge < -0.3 is 20.1 Å². The lowest BCUT2D eigenvalue weighted by molar-refractivity contribution is 0.315. The summed E-state index contributed by atoms with van der Waals surface area (Å²) < 4.78 is 2.41. The molecule has 2 aromatic heterocycles. The second-order valence-electron chi connectivity index (χ2n) is 9.87. The van der Waals surface area contributed by atoms with Crippen LogP contribution in [-0.4, -0.2) is 32.7 Å². The van der Waals surface area contributed by atoms with Crippen molar-refractivity contribution in [2.45, 2.75) is 46.2 Å². The van der Waals surface area contributed by atoms with Crippen molar-refractivity contribution < 1.29 is 0 Å². The first-order valence-corrected chi connectivity index (χ1v) is 13.4. The maximum Gasteiger partial charge on any atom is 0.170 e. The molecule has 0 radical (unpaired) electrons. The summed E-state index contributed by atoms with van der Waals surface area (Å²) in [6.45, 7) is 10.6. The van der Waals surface area contributed by atoms with Gasteiger partial charge in [0.25, 0.3) is 0 Å². The summed E-state index contributed by atoms with van der Waals surface area (Å²) in [6.07, 6.45) is 2.83. The Labute approximate surface area is 225 Å². The van der Waals surface area contributed by atoms with Crippen LogP contribution >= 0.6 is 12.2 Å². The summed E-state index contributed by atoms with van der Waals surface area (Å²) in [5, 5.41) is 7.93. The van der Waals surface area contributed by atoms with Gasteiger partial charge in [-0.2, -0.15) is 0 Å². The molecule has 1 aliphatic rings. The molecule has 1 aliphatic heterocycles. The zero-order valence-electron chi connectivity index (χ0n) is 22.0. The fraction of sp³-hybridized carbons (Fsp3) is 0.290. The number of anilines is 1. The van der Waals surface area contributed by atoms with E-state index in [9.17, 15) is 0 Å². The summed E-state index contributed by atoms with van der Waals surface area (Å²) in [5.41, 5.74) is 9.75. The van der Waals surface area contributed by atoms with Crippen LogP contribution < -0.4 is 10.6 Å². The summed E-state index contributed by atoms with van der Waals surface area (Å²) in [7, 11) is 0. The molecule has 4 aromatic rings. The van der Waals surface area contributed by atoms with E-state index >= 15 is 0 Å². The third kappa shape index (κ3) is 4.98. The molecule has 2 aromatic carbocycles. The van der Waals surface area contributed by atoms with Crippen LogP contribution in [0.2, 0.25) is 0 Å². The van der Waals surface area contributed by atoms with E-state index in [0.29, 0.717) is 0 Å². The third-order valence-corrected chi connectivity index (χ3v) is 7.68. The lowest BCUT2D eigenvalue weighted by Crippen LogP contribution is -2.31. The number of thiocarbonyl (C=S) groups is 1. The van der Waals surface area contributed by atoms with Gasteiger partial charge in [0.15, 0.2) is 5.11 Å². The minimum absolute atomic E-state index is 0.0114. The van der Waals surface area contributed by atoms with Gasteiger partial charge in [-0.3, -0.25) is 4.98 Å². The molecule has 0 spiro atoms. The number of pyridine rings is 1. The van der Waals surface area contributed by atoms with Crippen LogP contribution in [0.5, 0.6) is 0 Å². The summed E-state index contributed by atoms with van der Waals surface area (Å²) in [4.78, 5) is 7.08. The smallest absolute Gasteiger partial charge is 0.170 e. The Morgan fingerprint density at radius 1 is 0.919 bits per heavy atom. The fourth-order valence-electron chi connectivity index (χ4n) is 5.61. The number of hydrogen-bond donors (Lipinski definition) is 2. The van der Waals surface area contributed by atoms with Crippen molar-refractivity contribution in [2.24, 2.45) is 0 Å². The molecule has 0 bridgehead atoms. The molecule has 1 fully saturated rings. The topological polar surface area (TPSA) is 45.1 Å². The molecule has 1 saturated heterocycles. The largest absolute Gasteiger partial charge is 0.385 e. The second kappa shape index (κ2) is 10.8. The Morgan fingerprint density at radius 2 is 1.65 bits per heavy atom. The molecule has 0 amide bonds. The molecule has 0 unspecified atom stereocenters. The van der Waals surface area contributed by atoms with Crippen LogP contribution in [0.15, 0.2) is 79.0 Å². The molecule has 0 aliphatic carbocycles. The first kappa shape index (κ1) is 25.0. The molecular formula is C31H35N5S. The van der Waals surface area contributed by atoms with Crippen LogP contribution in [0.3, 0.4) is 0 Å². The molecule has 5 nitrogen and oxygen atoms in total. The summed E-state index contributed by atoms with van der Waals surface area (Å²) in [5.74, 6) is 0. The Kier molecular flexibility index (Phi) is 7.28. The normalized spacial score (nSPS) is 17.2. The van der Waals surface area contributed by atoms with E-state index in [2.05, 4.69) is 108 Å². The number of nitrogens with zero attached hydrogens (tertiary/aromatic N) is 3. The Hall–Kier alpha value is -3.64. The molecule has 2 atom stereocenters. The Morgan fingerprint density at radius 3 is 2.35 bits per heavy atom. The fourth-order valence-corrected chi connectivity index (χ4v) is 5.94. The highest BCUT2D eigenvalue weighted by atomic mass is 32.1. The molecule has 2 N–H and O–H groups in total. The predicted octanol–water partition coefficient (Wildman–Crippen LogP) is 6.58. The summed E-state index contributed by atoms with van der Waals surface area (Å²) in [6, 6.07) is 25.4. The van der Waals surface area contributed by atoms with Gasteiger partial charge >= 0.3 is 0 Å². The standard InChI is InChI=1S/C31H35N5S/c1-21-12-10-13-22(2)29(21)36-23(3)20-26(24(36)4)30-28(27-16-8-9-17-33-27)34-31(37)35(30)19-11-18-32-25-14-6-5-7-15-25/h5-10,12-17,20,28,30,32H,11,18-19H2,1-4H3,(H,34,37)/t28-,30+/m1/s1. The van der Waals surface area contributed by atoms with Crippen LogP contribution in [-0.2, 0) is 0 Å². The third-order valence-electron chi connectivity index (χ3n) is 7.33. The van der Waals surface area contributed by atoms with Gasteiger partial charge in [-0.25, -0.2) is 0 Å². The average Bonchev–Trinajstić information content (AvgIpc) is 3.38. The molecule has 5 rings (SSSR count). The average molecular weight is 510 g/mol. The number of nitrogens with one attached hydrogen (secondary N) is 2. The van der Waals surface area contributed by atoms with Crippen LogP contribution in [0.1, 0.15) is 52.3 Å². The zero-order chi connectivity index (χ0) is 25.9. The monoisotopic (exact) mass is 509 g/mol. The van der Waals surface area contributed by atoms with Crippen molar-refractivity contribution in [3.05, 3.63) is 113 Å². The molecule has 0 saturated carbocycles. The number of benzene rings is 2. The quantitative estimate of drug-likeness (QED) is 0.207. The van der Waals surface area contributed by atoms with E-state index in [1.165, 1.54) is 33.8 Å². The minimum atomic E-state index is -0.0114. The highest BCUT2D eigenvalue weighted by Crippen LogP contribution is 2.41. The van der Waals surface area contributed by atoms with Crippen molar-refractivity contribution in [3.63, 3.8) is 0 Å². The number of aryl methyl sites for hydroxylation is 3. The van der Waals surface area contributed by atoms with E-state index in [1.54, 1.807) is 0 Å². The second-order valence-corrected chi connectivity index (χ2v) is 10.3. The predicted molar refractivity (Wildman–Crippen MR) is 156 cm³/mol. The van der Waals surface area contributed by atoms with Gasteiger partial charge in [0.05, 0.1) is 23.5 Å². The van der Waals surface area contributed by atoms with Gasteiger partial charge in [-0.1, -0.05) is 42.5 Å². The number of aromatic nitrogens is 2. The summed E-state index contributed by atoms with van der Waals surface area (Å²) >= 11 is 5.92. The minimum Gasteiger partial charge on any atom is -0.385 e. The van der Waals surface area contributed by atoms with Gasteiger partial charge in [-0.15, -0.1) is 0 Å². The van der Waals surface area contributed by atoms with Crippen molar-refractivity contribution in [2.75, 3.05) is 18.4 Å². The lowest BCUT2D eigenvalue weighted by Gasteiger charge is -2.28. The van der Waals surface area contributed by atoms with Crippen LogP contribution in [0, 0.1) is 27.7 Å². The molecule has 6 heteroatoms. The SMILES string of the molecule is Cc1cccc(C)c1-n1c(C)cc([C@H]2[C@@H](c3ccccn3)NC(=S)N2CCCNc2ccccc2)c1C. The first-order valence-electron chi connectivity index (χ1n) is 13.0. The van der Waals surface area contributed by atoms with Gasteiger partial charge in [0, 0.05) is 36.4 Å². The maximum atomic E-state index is 5.92. The van der Waals surface area contributed by atoms with Crippen molar-refractivity contribution >= 4 is 23.0 Å². The highest BCUT2D eigenvalue weighted by molar-refractivity contribution is 7.80. The lowest BCUT2D eigenvalue weighted by atomic mass is 9.96. The number of para-hydroxylation sites is 2. The maximum absolute atomic E-state index is 5.92. The molecule has 3 heterocycles. The highest BCUT2D eigenvalue weighted by Gasteiger charge is 2.41. The number of rotatable bonds is 8. The Bertz CT molecular complexity index is 1360. The van der Waals surface area contributed by atoms with Crippen LogP contribution in [0.4, 0.5) is 5.69 Å². The van der Waals surface area contributed by atoms with E-state index in [0.717, 1.165) is 36.0 Å². The van der Waals surface area contributed by atoms with Crippen LogP contribution in [0.25, 0.3) is 5.69 Å². The zero-order valence-corrected chi connectivity index (χ0v) is 22.8. The van der Waals surface area contributed by atoms with Crippen molar-refractivity contribution in [3.8, 4) is 5.69 Å². The van der Waals surface area contributed by atoms with E-state index in [4.69, 9.17) is 17.2 Å². The van der Waals surface area contributed by atoms with Gasteiger partial charge in [-0.05, 0) is 93.4 Å². The van der Waals surface area contributed by atoms with E-state index in [1.807, 2.05) is 18.3 Å². The number of hydrogen-bond acceptors (Lipinski definition) is 3. The van der Waals surface area contributed by atoms with Gasteiger partial charge in [0.1, 0.15) is 0 Å². The first-order chi connectivity index (χ1) is 18.0. The van der Waals surface area contributed by atoms with Crippen molar-refractivity contribution in [1.29, 1.82) is 0 Å².